The Balaban J connectivity index is 1.86. The van der Waals surface area contributed by atoms with E-state index >= 15 is 0 Å². The molecule has 7 heteroatoms. The highest BCUT2D eigenvalue weighted by Crippen LogP contribution is 2.30. The first-order valence-electron chi connectivity index (χ1n) is 9.88. The van der Waals surface area contributed by atoms with Crippen LogP contribution in [0.5, 0.6) is 5.75 Å². The molecule has 3 aromatic carbocycles. The van der Waals surface area contributed by atoms with Crippen LogP contribution < -0.4 is 4.74 Å². The molecule has 0 radical (unpaired) electrons. The fourth-order valence-electron chi connectivity index (χ4n) is 3.46. The lowest BCUT2D eigenvalue weighted by molar-refractivity contribution is -0.145. The summed E-state index contributed by atoms with van der Waals surface area (Å²) in [6.07, 6.45) is 0.267. The zero-order chi connectivity index (χ0) is 23.3. The number of esters is 1. The summed E-state index contributed by atoms with van der Waals surface area (Å²) in [6.45, 7) is 0. The summed E-state index contributed by atoms with van der Waals surface area (Å²) in [5, 5.41) is 0.443. The first-order valence-corrected chi connectivity index (χ1v) is 10.6. The first kappa shape index (κ1) is 23.6. The number of likely N-dealkylation sites (N-methyl/N-ethyl adjacent to an activating group) is 1. The van der Waals surface area contributed by atoms with Gasteiger partial charge in [-0.3, -0.25) is 4.79 Å². The smallest absolute Gasteiger partial charge is 0.328 e. The maximum absolute atomic E-state index is 13.1. The molecule has 3 rings (SSSR count). The number of para-hydroxylation sites is 1. The van der Waals surface area contributed by atoms with E-state index < -0.39 is 17.9 Å². The number of carbonyl (C=O) groups is 2. The molecule has 0 aromatic heterocycles. The molecule has 0 saturated heterocycles. The molecule has 0 N–H and O–H groups in total. The summed E-state index contributed by atoms with van der Waals surface area (Å²) in [7, 11) is 4.46. The third-order valence-electron chi connectivity index (χ3n) is 5.24. The number of ether oxygens (including phenoxy) is 2. The molecule has 0 aliphatic rings. The average molecular weight is 472 g/mol. The molecular weight excluding hydrogens is 449 g/mol. The van der Waals surface area contributed by atoms with E-state index in [1.807, 2.05) is 48.5 Å². The lowest BCUT2D eigenvalue weighted by Crippen LogP contribution is -2.44. The lowest BCUT2D eigenvalue weighted by Gasteiger charge is -2.27. The standard InChI is InChI=1S/C25H23Cl2NO4/c1-28(24(29)23-19(26)8-6-9-20(23)27)21(25(30)32-3)15-16-11-13-17(14-12-16)18-7-4-5-10-22(18)31-2/h4-14,21H,15H2,1-3H3. The predicted octanol–water partition coefficient (Wildman–Crippen LogP) is 5.53. The summed E-state index contributed by atoms with van der Waals surface area (Å²) in [6, 6.07) is 19.4. The molecule has 0 heterocycles. The van der Waals surface area contributed by atoms with Crippen molar-refractivity contribution in [3.05, 3.63) is 87.9 Å². The highest BCUT2D eigenvalue weighted by Gasteiger charge is 2.30. The van der Waals surface area contributed by atoms with E-state index in [0.717, 1.165) is 22.4 Å². The number of methoxy groups -OCH3 is 2. The van der Waals surface area contributed by atoms with Crippen molar-refractivity contribution in [2.45, 2.75) is 12.5 Å². The summed E-state index contributed by atoms with van der Waals surface area (Å²) in [4.78, 5) is 26.9. The quantitative estimate of drug-likeness (QED) is 0.425. The van der Waals surface area contributed by atoms with Crippen LogP contribution in [0.2, 0.25) is 10.0 Å². The Morgan fingerprint density at radius 3 is 2.12 bits per heavy atom. The van der Waals surface area contributed by atoms with Gasteiger partial charge >= 0.3 is 5.97 Å². The van der Waals surface area contributed by atoms with Crippen molar-refractivity contribution in [2.24, 2.45) is 0 Å². The fourth-order valence-corrected chi connectivity index (χ4v) is 4.02. The van der Waals surface area contributed by atoms with Crippen LogP contribution in [0.15, 0.2) is 66.7 Å². The zero-order valence-corrected chi connectivity index (χ0v) is 19.5. The number of benzene rings is 3. The SMILES string of the molecule is COC(=O)C(Cc1ccc(-c2ccccc2OC)cc1)N(C)C(=O)c1c(Cl)cccc1Cl. The van der Waals surface area contributed by atoms with Crippen molar-refractivity contribution >= 4 is 35.1 Å². The van der Waals surface area contributed by atoms with Crippen LogP contribution in [-0.4, -0.2) is 44.1 Å². The monoisotopic (exact) mass is 471 g/mol. The molecule has 0 bridgehead atoms. The number of hydrogen-bond acceptors (Lipinski definition) is 4. The normalized spacial score (nSPS) is 11.5. The van der Waals surface area contributed by atoms with Crippen LogP contribution in [0.3, 0.4) is 0 Å². The second-order valence-electron chi connectivity index (χ2n) is 7.15. The van der Waals surface area contributed by atoms with Gasteiger partial charge in [0.05, 0.1) is 29.8 Å². The Labute approximate surface area is 197 Å². The molecule has 5 nitrogen and oxygen atoms in total. The van der Waals surface area contributed by atoms with Gasteiger partial charge in [-0.1, -0.05) is 71.7 Å². The third-order valence-corrected chi connectivity index (χ3v) is 5.87. The summed E-state index contributed by atoms with van der Waals surface area (Å²) < 4.78 is 10.4. The Bertz CT molecular complexity index is 1090. The van der Waals surface area contributed by atoms with Crippen molar-refractivity contribution in [1.29, 1.82) is 0 Å². The predicted molar refractivity (Wildman–Crippen MR) is 126 cm³/mol. The fraction of sp³-hybridized carbons (Fsp3) is 0.200. The Kier molecular flexibility index (Phi) is 7.78. The summed E-state index contributed by atoms with van der Waals surface area (Å²) in [5.74, 6) is -0.214. The Hall–Kier alpha value is -3.02. The van der Waals surface area contributed by atoms with E-state index in [4.69, 9.17) is 32.7 Å². The van der Waals surface area contributed by atoms with Crippen LogP contribution in [0.4, 0.5) is 0 Å². The average Bonchev–Trinajstić information content (AvgIpc) is 2.81. The largest absolute Gasteiger partial charge is 0.496 e. The topological polar surface area (TPSA) is 55.8 Å². The van der Waals surface area contributed by atoms with Gasteiger partial charge in [0.1, 0.15) is 11.8 Å². The number of halogens is 2. The van der Waals surface area contributed by atoms with Crippen LogP contribution in [-0.2, 0) is 16.0 Å². The Morgan fingerprint density at radius 2 is 1.53 bits per heavy atom. The number of carbonyl (C=O) groups excluding carboxylic acids is 2. The van der Waals surface area contributed by atoms with E-state index in [9.17, 15) is 9.59 Å². The minimum absolute atomic E-state index is 0.152. The van der Waals surface area contributed by atoms with Gasteiger partial charge in [0.25, 0.3) is 5.91 Å². The van der Waals surface area contributed by atoms with Crippen molar-refractivity contribution < 1.29 is 19.1 Å². The third kappa shape index (κ3) is 5.06. The minimum Gasteiger partial charge on any atom is -0.496 e. The Morgan fingerprint density at radius 1 is 0.906 bits per heavy atom. The van der Waals surface area contributed by atoms with Gasteiger partial charge in [-0.25, -0.2) is 4.79 Å². The van der Waals surface area contributed by atoms with Crippen molar-refractivity contribution in [3.63, 3.8) is 0 Å². The van der Waals surface area contributed by atoms with Gasteiger partial charge in [-0.15, -0.1) is 0 Å². The number of rotatable bonds is 7. The molecule has 1 amide bonds. The van der Waals surface area contributed by atoms with Crippen molar-refractivity contribution in [1.82, 2.24) is 4.90 Å². The van der Waals surface area contributed by atoms with E-state index in [-0.39, 0.29) is 22.0 Å². The molecule has 32 heavy (non-hydrogen) atoms. The maximum Gasteiger partial charge on any atom is 0.328 e. The van der Waals surface area contributed by atoms with E-state index in [1.165, 1.54) is 19.1 Å². The molecule has 0 aliphatic heterocycles. The lowest BCUT2D eigenvalue weighted by atomic mass is 9.99. The van der Waals surface area contributed by atoms with Crippen molar-refractivity contribution in [2.75, 3.05) is 21.3 Å². The molecule has 0 aliphatic carbocycles. The van der Waals surface area contributed by atoms with Crippen molar-refractivity contribution in [3.8, 4) is 16.9 Å². The second-order valence-corrected chi connectivity index (χ2v) is 7.97. The number of amides is 1. The minimum atomic E-state index is -0.850. The van der Waals surface area contributed by atoms with Gasteiger partial charge in [0.2, 0.25) is 0 Å². The molecule has 0 saturated carbocycles. The molecular formula is C25H23Cl2NO4. The van der Waals surface area contributed by atoms with Gasteiger partial charge in [0, 0.05) is 19.0 Å². The maximum atomic E-state index is 13.1. The first-order chi connectivity index (χ1) is 15.4. The molecule has 1 unspecified atom stereocenters. The number of hydrogen-bond donors (Lipinski definition) is 0. The van der Waals surface area contributed by atoms with Crippen LogP contribution >= 0.6 is 23.2 Å². The summed E-state index contributed by atoms with van der Waals surface area (Å²) in [5.41, 5.74) is 2.96. The second kappa shape index (κ2) is 10.5. The molecule has 1 atom stereocenters. The molecule has 0 fully saturated rings. The zero-order valence-electron chi connectivity index (χ0n) is 18.0. The van der Waals surface area contributed by atoms with E-state index in [0.29, 0.717) is 0 Å². The van der Waals surface area contributed by atoms with Gasteiger partial charge in [-0.05, 0) is 29.3 Å². The molecule has 0 spiro atoms. The van der Waals surface area contributed by atoms with E-state index in [2.05, 4.69) is 0 Å². The highest BCUT2D eigenvalue weighted by molar-refractivity contribution is 6.39. The number of nitrogens with zero attached hydrogens (tertiary/aromatic N) is 1. The molecule has 166 valence electrons. The van der Waals surface area contributed by atoms with Gasteiger partial charge in [0.15, 0.2) is 0 Å². The van der Waals surface area contributed by atoms with Gasteiger partial charge < -0.3 is 14.4 Å². The summed E-state index contributed by atoms with van der Waals surface area (Å²) >= 11 is 12.4. The van der Waals surface area contributed by atoms with Crippen LogP contribution in [0.25, 0.3) is 11.1 Å². The highest BCUT2D eigenvalue weighted by atomic mass is 35.5. The van der Waals surface area contributed by atoms with Crippen LogP contribution in [0.1, 0.15) is 15.9 Å². The molecule has 3 aromatic rings. The van der Waals surface area contributed by atoms with Gasteiger partial charge in [-0.2, -0.15) is 0 Å². The van der Waals surface area contributed by atoms with E-state index in [1.54, 1.807) is 25.3 Å². The van der Waals surface area contributed by atoms with Crippen LogP contribution in [0, 0.1) is 0 Å².